The van der Waals surface area contributed by atoms with Crippen LogP contribution in [0.4, 0.5) is 0 Å². The summed E-state index contributed by atoms with van der Waals surface area (Å²) in [7, 11) is 0. The standard InChI is InChI=1S/2C6H5.2C3H7.Sn/c2*1-2-4-6-5-3-1;2*1-3-2;/h2*1-5H;2*1,3H2,2H3;. The summed E-state index contributed by atoms with van der Waals surface area (Å²) in [6, 6.07) is 22.7. The monoisotopic (exact) mass is 360 g/mol. The van der Waals surface area contributed by atoms with E-state index in [4.69, 9.17) is 0 Å². The Morgan fingerprint density at radius 3 is 1.32 bits per heavy atom. The molecular formula is C18H24Sn. The molecule has 0 nitrogen and oxygen atoms in total. The molecule has 2 aromatic carbocycles. The Kier molecular flexibility index (Phi) is 5.50. The zero-order valence-corrected chi connectivity index (χ0v) is 15.0. The van der Waals surface area contributed by atoms with E-state index in [0.717, 1.165) is 0 Å². The Hall–Kier alpha value is -0.761. The normalized spacial score (nSPS) is 11.5. The van der Waals surface area contributed by atoms with E-state index < -0.39 is 18.4 Å². The predicted octanol–water partition coefficient (Wildman–Crippen LogP) is 4.07. The summed E-state index contributed by atoms with van der Waals surface area (Å²) >= 11 is -2.44. The van der Waals surface area contributed by atoms with Crippen molar-refractivity contribution in [1.29, 1.82) is 0 Å². The van der Waals surface area contributed by atoms with E-state index in [1.165, 1.54) is 21.7 Å². The third-order valence-electron chi connectivity index (χ3n) is 4.01. The molecule has 0 bridgehead atoms. The molecule has 0 saturated heterocycles. The summed E-state index contributed by atoms with van der Waals surface area (Å²) in [5, 5.41) is 0. The molecule has 0 saturated carbocycles. The SMILES string of the molecule is CC[CH2][Sn]([CH2]CC)([c]1ccccc1)[c]1ccccc1. The first-order valence-electron chi connectivity index (χ1n) is 7.44. The average molecular weight is 359 g/mol. The second-order valence-corrected chi connectivity index (χ2v) is 17.6. The van der Waals surface area contributed by atoms with Gasteiger partial charge in [-0.2, -0.15) is 0 Å². The topological polar surface area (TPSA) is 0 Å². The fourth-order valence-electron chi connectivity index (χ4n) is 3.24. The summed E-state index contributed by atoms with van der Waals surface area (Å²) in [4.78, 5) is 0. The van der Waals surface area contributed by atoms with Crippen LogP contribution >= 0.6 is 0 Å². The van der Waals surface area contributed by atoms with Crippen LogP contribution in [0, 0.1) is 0 Å². The molecule has 100 valence electrons. The first-order valence-corrected chi connectivity index (χ1v) is 14.3. The Balaban J connectivity index is 2.54. The zero-order valence-electron chi connectivity index (χ0n) is 12.1. The summed E-state index contributed by atoms with van der Waals surface area (Å²) in [5.41, 5.74) is 0. The third kappa shape index (κ3) is 3.22. The van der Waals surface area contributed by atoms with Crippen molar-refractivity contribution in [2.75, 3.05) is 0 Å². The van der Waals surface area contributed by atoms with Crippen molar-refractivity contribution in [3.05, 3.63) is 60.7 Å². The molecule has 0 aromatic heterocycles. The zero-order chi connectivity index (χ0) is 13.6. The van der Waals surface area contributed by atoms with Gasteiger partial charge in [-0.15, -0.1) is 0 Å². The van der Waals surface area contributed by atoms with E-state index >= 15 is 0 Å². The van der Waals surface area contributed by atoms with Crippen LogP contribution in [-0.2, 0) is 0 Å². The molecule has 0 heterocycles. The van der Waals surface area contributed by atoms with Crippen LogP contribution in [0.2, 0.25) is 8.87 Å². The van der Waals surface area contributed by atoms with Gasteiger partial charge >= 0.3 is 122 Å². The van der Waals surface area contributed by atoms with Crippen LogP contribution in [0.25, 0.3) is 0 Å². The number of hydrogen-bond acceptors (Lipinski definition) is 0. The Labute approximate surface area is 121 Å². The first kappa shape index (κ1) is 14.6. The van der Waals surface area contributed by atoms with Gasteiger partial charge in [0, 0.05) is 0 Å². The fraction of sp³-hybridized carbons (Fsp3) is 0.333. The Morgan fingerprint density at radius 1 is 0.632 bits per heavy atom. The van der Waals surface area contributed by atoms with E-state index in [1.807, 2.05) is 0 Å². The van der Waals surface area contributed by atoms with Crippen molar-refractivity contribution >= 4 is 25.5 Å². The van der Waals surface area contributed by atoms with Crippen molar-refractivity contribution in [3.8, 4) is 0 Å². The summed E-state index contributed by atoms with van der Waals surface area (Å²) in [6.45, 7) is 4.68. The number of benzene rings is 2. The molecule has 0 aliphatic carbocycles. The molecule has 19 heavy (non-hydrogen) atoms. The van der Waals surface area contributed by atoms with Gasteiger partial charge in [-0.25, -0.2) is 0 Å². The van der Waals surface area contributed by atoms with Crippen molar-refractivity contribution in [2.45, 2.75) is 35.6 Å². The minimum atomic E-state index is -2.44. The van der Waals surface area contributed by atoms with Crippen LogP contribution < -0.4 is 7.16 Å². The minimum absolute atomic E-state index is 1.31. The predicted molar refractivity (Wildman–Crippen MR) is 88.1 cm³/mol. The molecule has 0 atom stereocenters. The van der Waals surface area contributed by atoms with Gasteiger partial charge in [0.05, 0.1) is 0 Å². The molecule has 2 rings (SSSR count). The second-order valence-electron chi connectivity index (χ2n) is 5.31. The van der Waals surface area contributed by atoms with Gasteiger partial charge in [0.25, 0.3) is 0 Å². The van der Waals surface area contributed by atoms with E-state index in [-0.39, 0.29) is 0 Å². The van der Waals surface area contributed by atoms with E-state index in [1.54, 1.807) is 7.16 Å². The Bertz CT molecular complexity index is 428. The molecule has 0 spiro atoms. The molecule has 2 aromatic rings. The first-order chi connectivity index (χ1) is 9.33. The average Bonchev–Trinajstić information content (AvgIpc) is 2.49. The van der Waals surface area contributed by atoms with Gasteiger partial charge in [-0.05, 0) is 0 Å². The number of hydrogen-bond donors (Lipinski definition) is 0. The van der Waals surface area contributed by atoms with Gasteiger partial charge in [0.15, 0.2) is 0 Å². The van der Waals surface area contributed by atoms with Gasteiger partial charge in [0.1, 0.15) is 0 Å². The molecule has 0 radical (unpaired) electrons. The van der Waals surface area contributed by atoms with Gasteiger partial charge in [-0.3, -0.25) is 0 Å². The second kappa shape index (κ2) is 7.14. The van der Waals surface area contributed by atoms with Gasteiger partial charge in [0.2, 0.25) is 0 Å². The van der Waals surface area contributed by atoms with Gasteiger partial charge < -0.3 is 0 Å². The maximum absolute atomic E-state index is 2.44. The number of rotatable bonds is 6. The molecule has 0 N–H and O–H groups in total. The molecule has 0 aliphatic rings. The van der Waals surface area contributed by atoms with Crippen molar-refractivity contribution < 1.29 is 0 Å². The van der Waals surface area contributed by atoms with E-state index in [2.05, 4.69) is 74.5 Å². The summed E-state index contributed by atoms with van der Waals surface area (Å²) < 4.78 is 6.20. The summed E-state index contributed by atoms with van der Waals surface area (Å²) in [6.07, 6.45) is 2.61. The Morgan fingerprint density at radius 2 is 1.00 bits per heavy atom. The van der Waals surface area contributed by atoms with Crippen LogP contribution in [0.15, 0.2) is 60.7 Å². The molecular weight excluding hydrogens is 335 g/mol. The quantitative estimate of drug-likeness (QED) is 0.683. The van der Waals surface area contributed by atoms with Gasteiger partial charge in [-0.1, -0.05) is 0 Å². The maximum atomic E-state index is 2.38. The van der Waals surface area contributed by atoms with E-state index in [9.17, 15) is 0 Å². The third-order valence-corrected chi connectivity index (χ3v) is 19.9. The molecule has 0 amide bonds. The molecule has 0 unspecified atom stereocenters. The molecule has 1 heteroatoms. The fourth-order valence-corrected chi connectivity index (χ4v) is 17.8. The van der Waals surface area contributed by atoms with Crippen LogP contribution in [0.5, 0.6) is 0 Å². The van der Waals surface area contributed by atoms with E-state index in [0.29, 0.717) is 0 Å². The van der Waals surface area contributed by atoms with Crippen LogP contribution in [0.3, 0.4) is 0 Å². The van der Waals surface area contributed by atoms with Crippen molar-refractivity contribution in [1.82, 2.24) is 0 Å². The molecule has 0 aliphatic heterocycles. The summed E-state index contributed by atoms with van der Waals surface area (Å²) in [5.74, 6) is 0. The van der Waals surface area contributed by atoms with Crippen LogP contribution in [0.1, 0.15) is 26.7 Å². The van der Waals surface area contributed by atoms with Crippen LogP contribution in [-0.4, -0.2) is 18.4 Å². The van der Waals surface area contributed by atoms with Crippen molar-refractivity contribution in [3.63, 3.8) is 0 Å². The molecule has 0 fully saturated rings. The van der Waals surface area contributed by atoms with Crippen molar-refractivity contribution in [2.24, 2.45) is 0 Å².